The predicted molar refractivity (Wildman–Crippen MR) is 84.6 cm³/mol. The van der Waals surface area contributed by atoms with E-state index in [9.17, 15) is 4.79 Å². The average Bonchev–Trinajstić information content (AvgIpc) is 2.94. The van der Waals surface area contributed by atoms with Crippen LogP contribution < -0.4 is 15.4 Å². The maximum atomic E-state index is 12.4. The molecule has 0 saturated heterocycles. The van der Waals surface area contributed by atoms with Crippen molar-refractivity contribution in [3.8, 4) is 5.75 Å². The van der Waals surface area contributed by atoms with E-state index in [0.29, 0.717) is 16.3 Å². The molecule has 0 saturated carbocycles. The van der Waals surface area contributed by atoms with Crippen molar-refractivity contribution in [1.29, 1.82) is 0 Å². The Balaban J connectivity index is 1.83. The molecule has 0 fully saturated rings. The third-order valence-electron chi connectivity index (χ3n) is 3.48. The summed E-state index contributed by atoms with van der Waals surface area (Å²) in [7, 11) is 1.52. The zero-order valence-electron chi connectivity index (χ0n) is 11.6. The summed E-state index contributed by atoms with van der Waals surface area (Å²) < 4.78 is 5.20. The molecule has 0 unspecified atom stereocenters. The molecule has 5 heteroatoms. The van der Waals surface area contributed by atoms with Crippen molar-refractivity contribution in [3.05, 3.63) is 52.5 Å². The van der Waals surface area contributed by atoms with Crippen molar-refractivity contribution in [2.24, 2.45) is 0 Å². The van der Waals surface area contributed by atoms with Gasteiger partial charge in [-0.1, -0.05) is 11.6 Å². The Morgan fingerprint density at radius 2 is 2.14 bits per heavy atom. The van der Waals surface area contributed by atoms with E-state index < -0.39 is 0 Å². The molecule has 1 heterocycles. The molecule has 0 radical (unpaired) electrons. The lowest BCUT2D eigenvalue weighted by atomic mass is 10.1. The minimum atomic E-state index is -0.213. The van der Waals surface area contributed by atoms with Crippen molar-refractivity contribution >= 4 is 28.9 Å². The van der Waals surface area contributed by atoms with Gasteiger partial charge in [-0.25, -0.2) is 0 Å². The second kappa shape index (κ2) is 5.66. The van der Waals surface area contributed by atoms with E-state index in [2.05, 4.69) is 10.6 Å². The van der Waals surface area contributed by atoms with E-state index >= 15 is 0 Å². The van der Waals surface area contributed by atoms with Gasteiger partial charge in [-0.15, -0.1) is 0 Å². The molecule has 1 aliphatic rings. The highest BCUT2D eigenvalue weighted by atomic mass is 35.5. The van der Waals surface area contributed by atoms with Crippen molar-refractivity contribution < 1.29 is 9.53 Å². The number of methoxy groups -OCH3 is 1. The van der Waals surface area contributed by atoms with Gasteiger partial charge in [-0.05, 0) is 48.4 Å². The van der Waals surface area contributed by atoms with Crippen LogP contribution in [0.25, 0.3) is 0 Å². The monoisotopic (exact) mass is 302 g/mol. The van der Waals surface area contributed by atoms with E-state index in [4.69, 9.17) is 16.3 Å². The van der Waals surface area contributed by atoms with Crippen molar-refractivity contribution in [2.75, 3.05) is 24.3 Å². The molecular weight excluding hydrogens is 288 g/mol. The molecule has 21 heavy (non-hydrogen) atoms. The summed E-state index contributed by atoms with van der Waals surface area (Å²) in [5, 5.41) is 6.72. The standard InChI is InChI=1S/C16H15ClN2O2/c1-21-15-9-11(17)2-4-13(15)16(20)19-12-3-5-14-10(8-12)6-7-18-14/h2-5,8-9,18H,6-7H2,1H3,(H,19,20). The number of nitrogens with one attached hydrogen (secondary N) is 2. The minimum absolute atomic E-state index is 0.213. The number of hydrogen-bond donors (Lipinski definition) is 2. The summed E-state index contributed by atoms with van der Waals surface area (Å²) in [4.78, 5) is 12.4. The first kappa shape index (κ1) is 13.8. The van der Waals surface area contributed by atoms with Crippen LogP contribution in [0.3, 0.4) is 0 Å². The lowest BCUT2D eigenvalue weighted by molar-refractivity contribution is 0.102. The lowest BCUT2D eigenvalue weighted by Crippen LogP contribution is -2.13. The Morgan fingerprint density at radius 1 is 1.29 bits per heavy atom. The van der Waals surface area contributed by atoms with Gasteiger partial charge in [0.2, 0.25) is 0 Å². The van der Waals surface area contributed by atoms with E-state index in [-0.39, 0.29) is 5.91 Å². The summed E-state index contributed by atoms with van der Waals surface area (Å²) in [6.45, 7) is 0.942. The number of hydrogen-bond acceptors (Lipinski definition) is 3. The van der Waals surface area contributed by atoms with E-state index in [1.165, 1.54) is 12.7 Å². The van der Waals surface area contributed by atoms with Crippen LogP contribution in [0.15, 0.2) is 36.4 Å². The molecule has 0 aromatic heterocycles. The van der Waals surface area contributed by atoms with Crippen LogP contribution in [0.4, 0.5) is 11.4 Å². The van der Waals surface area contributed by atoms with Gasteiger partial charge in [0.15, 0.2) is 0 Å². The third kappa shape index (κ3) is 2.81. The Morgan fingerprint density at radius 3 is 2.95 bits per heavy atom. The molecule has 2 N–H and O–H groups in total. The number of anilines is 2. The van der Waals surface area contributed by atoms with Gasteiger partial charge in [-0.2, -0.15) is 0 Å². The maximum Gasteiger partial charge on any atom is 0.259 e. The number of amides is 1. The van der Waals surface area contributed by atoms with E-state index in [1.807, 2.05) is 18.2 Å². The van der Waals surface area contributed by atoms with Crippen molar-refractivity contribution in [3.63, 3.8) is 0 Å². The fourth-order valence-electron chi connectivity index (χ4n) is 2.43. The topological polar surface area (TPSA) is 50.4 Å². The summed E-state index contributed by atoms with van der Waals surface area (Å²) >= 11 is 5.91. The molecule has 0 aliphatic carbocycles. The average molecular weight is 303 g/mol. The first-order chi connectivity index (χ1) is 10.2. The van der Waals surface area contributed by atoms with E-state index in [0.717, 1.165) is 24.3 Å². The van der Waals surface area contributed by atoms with Crippen LogP contribution in [-0.2, 0) is 6.42 Å². The number of benzene rings is 2. The van der Waals surface area contributed by atoms with Gasteiger partial charge < -0.3 is 15.4 Å². The summed E-state index contributed by atoms with van der Waals surface area (Å²) in [5.74, 6) is 0.247. The second-order valence-electron chi connectivity index (χ2n) is 4.85. The Labute approximate surface area is 128 Å². The van der Waals surface area contributed by atoms with Gasteiger partial charge in [0.05, 0.1) is 12.7 Å². The minimum Gasteiger partial charge on any atom is -0.496 e. The Kier molecular flexibility index (Phi) is 3.71. The van der Waals surface area contributed by atoms with Crippen LogP contribution in [0.2, 0.25) is 5.02 Å². The Bertz CT molecular complexity index is 701. The van der Waals surface area contributed by atoms with Gasteiger partial charge in [-0.3, -0.25) is 4.79 Å². The molecule has 1 amide bonds. The molecule has 3 rings (SSSR count). The van der Waals surface area contributed by atoms with Crippen molar-refractivity contribution in [2.45, 2.75) is 6.42 Å². The SMILES string of the molecule is COc1cc(Cl)ccc1C(=O)Nc1ccc2c(c1)CCN2. The number of carbonyl (C=O) groups is 1. The largest absolute Gasteiger partial charge is 0.496 e. The second-order valence-corrected chi connectivity index (χ2v) is 5.28. The third-order valence-corrected chi connectivity index (χ3v) is 3.72. The number of fused-ring (bicyclic) bond motifs is 1. The summed E-state index contributed by atoms with van der Waals surface area (Å²) in [6, 6.07) is 10.8. The van der Waals surface area contributed by atoms with Crippen LogP contribution in [0.5, 0.6) is 5.75 Å². The highest BCUT2D eigenvalue weighted by Gasteiger charge is 2.15. The molecule has 2 aromatic carbocycles. The van der Waals surface area contributed by atoms with Gasteiger partial charge in [0.1, 0.15) is 5.75 Å². The molecular formula is C16H15ClN2O2. The lowest BCUT2D eigenvalue weighted by Gasteiger charge is -2.10. The Hall–Kier alpha value is -2.20. The fraction of sp³-hybridized carbons (Fsp3) is 0.188. The molecule has 2 aromatic rings. The zero-order valence-corrected chi connectivity index (χ0v) is 12.3. The first-order valence-electron chi connectivity index (χ1n) is 6.69. The maximum absolute atomic E-state index is 12.4. The molecule has 0 bridgehead atoms. The van der Waals surface area contributed by atoms with Crippen LogP contribution in [0, 0.1) is 0 Å². The quantitative estimate of drug-likeness (QED) is 0.911. The smallest absolute Gasteiger partial charge is 0.259 e. The number of ether oxygens (including phenoxy) is 1. The van der Waals surface area contributed by atoms with Gasteiger partial charge in [0, 0.05) is 22.9 Å². The first-order valence-corrected chi connectivity index (χ1v) is 7.07. The summed E-state index contributed by atoms with van der Waals surface area (Å²) in [6.07, 6.45) is 0.976. The predicted octanol–water partition coefficient (Wildman–Crippen LogP) is 3.57. The molecule has 1 aliphatic heterocycles. The number of carbonyl (C=O) groups excluding carboxylic acids is 1. The zero-order chi connectivity index (χ0) is 14.8. The molecule has 4 nitrogen and oxygen atoms in total. The molecule has 108 valence electrons. The van der Waals surface area contributed by atoms with Crippen LogP contribution >= 0.6 is 11.6 Å². The number of halogens is 1. The van der Waals surface area contributed by atoms with Crippen LogP contribution in [-0.4, -0.2) is 19.6 Å². The number of rotatable bonds is 3. The highest BCUT2D eigenvalue weighted by Crippen LogP contribution is 2.27. The van der Waals surface area contributed by atoms with Gasteiger partial charge >= 0.3 is 0 Å². The van der Waals surface area contributed by atoms with E-state index in [1.54, 1.807) is 18.2 Å². The van der Waals surface area contributed by atoms with Crippen molar-refractivity contribution in [1.82, 2.24) is 0 Å². The normalized spacial score (nSPS) is 12.5. The van der Waals surface area contributed by atoms with Gasteiger partial charge in [0.25, 0.3) is 5.91 Å². The molecule has 0 atom stereocenters. The highest BCUT2D eigenvalue weighted by molar-refractivity contribution is 6.31. The molecule has 0 spiro atoms. The fourth-order valence-corrected chi connectivity index (χ4v) is 2.60. The summed E-state index contributed by atoms with van der Waals surface area (Å²) in [5.41, 5.74) is 3.59. The van der Waals surface area contributed by atoms with Crippen LogP contribution in [0.1, 0.15) is 15.9 Å².